The van der Waals surface area contributed by atoms with Crippen molar-refractivity contribution in [3.8, 4) is 5.75 Å². The Bertz CT molecular complexity index is 504. The largest absolute Gasteiger partial charge is 0.496 e. The van der Waals surface area contributed by atoms with Crippen molar-refractivity contribution in [1.29, 1.82) is 0 Å². The normalized spacial score (nSPS) is 23.3. The summed E-state index contributed by atoms with van der Waals surface area (Å²) >= 11 is 3.68. The van der Waals surface area contributed by atoms with Crippen molar-refractivity contribution in [2.45, 2.75) is 46.3 Å². The molecule has 1 fully saturated rings. The molecule has 3 unspecified atom stereocenters. The summed E-state index contributed by atoms with van der Waals surface area (Å²) < 4.78 is 12.9. The van der Waals surface area contributed by atoms with Crippen LogP contribution < -0.4 is 10.1 Å². The van der Waals surface area contributed by atoms with Gasteiger partial charge in [-0.25, -0.2) is 0 Å². The summed E-state index contributed by atoms with van der Waals surface area (Å²) in [6.45, 7) is 10.4. The molecule has 0 aromatic heterocycles. The Morgan fingerprint density at radius 1 is 1.48 bits per heavy atom. The van der Waals surface area contributed by atoms with E-state index in [0.717, 1.165) is 35.4 Å². The number of hydrogen-bond donors (Lipinski definition) is 1. The summed E-state index contributed by atoms with van der Waals surface area (Å²) in [5.41, 5.74) is 3.61. The van der Waals surface area contributed by atoms with E-state index in [4.69, 9.17) is 9.47 Å². The fraction of sp³-hybridized carbons (Fsp3) is 0.647. The van der Waals surface area contributed by atoms with E-state index < -0.39 is 0 Å². The van der Waals surface area contributed by atoms with E-state index in [2.05, 4.69) is 55.0 Å². The maximum atomic E-state index is 6.04. The minimum Gasteiger partial charge on any atom is -0.496 e. The third-order valence-electron chi connectivity index (χ3n) is 4.42. The van der Waals surface area contributed by atoms with E-state index in [1.165, 1.54) is 11.1 Å². The highest BCUT2D eigenvalue weighted by Gasteiger charge is 2.35. The molecule has 1 heterocycles. The molecule has 3 nitrogen and oxygen atoms in total. The van der Waals surface area contributed by atoms with Crippen LogP contribution in [0.1, 0.15) is 43.0 Å². The smallest absolute Gasteiger partial charge is 0.126 e. The van der Waals surface area contributed by atoms with Crippen molar-refractivity contribution in [2.75, 3.05) is 20.3 Å². The lowest BCUT2D eigenvalue weighted by Gasteiger charge is -2.30. The zero-order valence-electron chi connectivity index (χ0n) is 13.6. The number of ether oxygens (including phenoxy) is 2. The third kappa shape index (κ3) is 3.27. The van der Waals surface area contributed by atoms with Crippen LogP contribution in [0.2, 0.25) is 0 Å². The van der Waals surface area contributed by atoms with E-state index in [1.54, 1.807) is 7.11 Å². The number of halogens is 1. The molecule has 1 aromatic carbocycles. The molecule has 0 aliphatic carbocycles. The van der Waals surface area contributed by atoms with Crippen LogP contribution >= 0.6 is 15.9 Å². The fourth-order valence-electron chi connectivity index (χ4n) is 3.27. The second-order valence-electron chi connectivity index (χ2n) is 5.88. The monoisotopic (exact) mass is 355 g/mol. The minimum atomic E-state index is 0.165. The Hall–Kier alpha value is -0.580. The Morgan fingerprint density at radius 2 is 2.19 bits per heavy atom. The molecule has 118 valence electrons. The molecule has 0 spiro atoms. The van der Waals surface area contributed by atoms with E-state index in [9.17, 15) is 0 Å². The predicted molar refractivity (Wildman–Crippen MR) is 90.1 cm³/mol. The quantitative estimate of drug-likeness (QED) is 0.860. The average Bonchev–Trinajstić information content (AvgIpc) is 2.86. The molecule has 1 saturated heterocycles. The highest BCUT2D eigenvalue weighted by Crippen LogP contribution is 2.41. The molecular weight excluding hydrogens is 330 g/mol. The van der Waals surface area contributed by atoms with Crippen molar-refractivity contribution < 1.29 is 9.47 Å². The van der Waals surface area contributed by atoms with Crippen molar-refractivity contribution in [2.24, 2.45) is 5.92 Å². The van der Waals surface area contributed by atoms with Crippen LogP contribution in [-0.2, 0) is 4.74 Å². The van der Waals surface area contributed by atoms with Gasteiger partial charge in [0.25, 0.3) is 0 Å². The predicted octanol–water partition coefficient (Wildman–Crippen LogP) is 4.15. The molecule has 0 bridgehead atoms. The zero-order chi connectivity index (χ0) is 15.6. The van der Waals surface area contributed by atoms with Gasteiger partial charge in [0.05, 0.1) is 19.3 Å². The third-order valence-corrected chi connectivity index (χ3v) is 5.24. The van der Waals surface area contributed by atoms with Crippen LogP contribution in [0.5, 0.6) is 5.75 Å². The molecule has 1 aromatic rings. The second-order valence-corrected chi connectivity index (χ2v) is 6.74. The number of aryl methyl sites for hydroxylation is 1. The number of likely N-dealkylation sites (N-methyl/N-ethyl adjacent to an activating group) is 1. The number of nitrogens with one attached hydrogen (secondary N) is 1. The summed E-state index contributed by atoms with van der Waals surface area (Å²) in [7, 11) is 1.75. The Kier molecular flexibility index (Phi) is 5.69. The Balaban J connectivity index is 2.53. The van der Waals surface area contributed by atoms with Crippen LogP contribution in [-0.4, -0.2) is 26.4 Å². The summed E-state index contributed by atoms with van der Waals surface area (Å²) in [6.07, 6.45) is 1.33. The average molecular weight is 356 g/mol. The summed E-state index contributed by atoms with van der Waals surface area (Å²) in [4.78, 5) is 0. The fourth-order valence-corrected chi connectivity index (χ4v) is 3.82. The van der Waals surface area contributed by atoms with Gasteiger partial charge in [-0.1, -0.05) is 29.8 Å². The number of hydrogen-bond acceptors (Lipinski definition) is 3. The molecular formula is C17H26BrNO2. The standard InChI is InChI=1S/C17H26BrNO2/c1-6-19-15(17-10(2)7-8-21-17)14-12(4)13(18)9-11(3)16(14)20-5/h9-10,15,17,19H,6-8H2,1-5H3. The summed E-state index contributed by atoms with van der Waals surface area (Å²) in [5.74, 6) is 1.53. The molecule has 2 rings (SSSR count). The van der Waals surface area contributed by atoms with Crippen LogP contribution in [0.15, 0.2) is 10.5 Å². The van der Waals surface area contributed by atoms with E-state index in [1.807, 2.05) is 0 Å². The maximum Gasteiger partial charge on any atom is 0.126 e. The molecule has 0 radical (unpaired) electrons. The van der Waals surface area contributed by atoms with Gasteiger partial charge >= 0.3 is 0 Å². The Morgan fingerprint density at radius 3 is 2.71 bits per heavy atom. The zero-order valence-corrected chi connectivity index (χ0v) is 15.2. The van der Waals surface area contributed by atoms with Gasteiger partial charge in [-0.2, -0.15) is 0 Å². The lowest BCUT2D eigenvalue weighted by molar-refractivity contribution is 0.0602. The summed E-state index contributed by atoms with van der Waals surface area (Å²) in [5, 5.41) is 3.62. The Labute approximate surface area is 136 Å². The second kappa shape index (κ2) is 7.12. The number of benzene rings is 1. The molecule has 21 heavy (non-hydrogen) atoms. The van der Waals surface area contributed by atoms with Crippen LogP contribution in [0.4, 0.5) is 0 Å². The first-order chi connectivity index (χ1) is 10.0. The van der Waals surface area contributed by atoms with Gasteiger partial charge in [-0.15, -0.1) is 0 Å². The van der Waals surface area contributed by atoms with Crippen molar-refractivity contribution in [1.82, 2.24) is 5.32 Å². The van der Waals surface area contributed by atoms with Crippen molar-refractivity contribution >= 4 is 15.9 Å². The van der Waals surface area contributed by atoms with Gasteiger partial charge in [0.2, 0.25) is 0 Å². The van der Waals surface area contributed by atoms with Crippen molar-refractivity contribution in [3.63, 3.8) is 0 Å². The van der Waals surface area contributed by atoms with Gasteiger partial charge in [0, 0.05) is 16.6 Å². The van der Waals surface area contributed by atoms with Crippen LogP contribution in [0, 0.1) is 19.8 Å². The lowest BCUT2D eigenvalue weighted by Crippen LogP contribution is -2.35. The van der Waals surface area contributed by atoms with E-state index >= 15 is 0 Å². The van der Waals surface area contributed by atoms with E-state index in [0.29, 0.717) is 5.92 Å². The molecule has 1 aliphatic rings. The first kappa shape index (κ1) is 16.8. The van der Waals surface area contributed by atoms with Gasteiger partial charge in [-0.05, 0) is 49.9 Å². The SMILES string of the molecule is CCNC(c1c(C)c(Br)cc(C)c1OC)C1OCCC1C. The highest BCUT2D eigenvalue weighted by molar-refractivity contribution is 9.10. The topological polar surface area (TPSA) is 30.5 Å². The summed E-state index contributed by atoms with van der Waals surface area (Å²) in [6, 6.07) is 2.29. The number of rotatable bonds is 5. The van der Waals surface area contributed by atoms with Crippen LogP contribution in [0.25, 0.3) is 0 Å². The van der Waals surface area contributed by atoms with E-state index in [-0.39, 0.29) is 12.1 Å². The lowest BCUT2D eigenvalue weighted by atomic mass is 9.88. The van der Waals surface area contributed by atoms with Gasteiger partial charge in [0.1, 0.15) is 5.75 Å². The first-order valence-corrected chi connectivity index (χ1v) is 8.49. The highest BCUT2D eigenvalue weighted by atomic mass is 79.9. The molecule has 4 heteroatoms. The maximum absolute atomic E-state index is 6.04. The van der Waals surface area contributed by atoms with Gasteiger partial charge in [-0.3, -0.25) is 0 Å². The first-order valence-electron chi connectivity index (χ1n) is 7.69. The minimum absolute atomic E-state index is 0.165. The van der Waals surface area contributed by atoms with Crippen molar-refractivity contribution in [3.05, 3.63) is 27.2 Å². The van der Waals surface area contributed by atoms with Gasteiger partial charge < -0.3 is 14.8 Å². The van der Waals surface area contributed by atoms with Crippen LogP contribution in [0.3, 0.4) is 0 Å². The van der Waals surface area contributed by atoms with Gasteiger partial charge in [0.15, 0.2) is 0 Å². The molecule has 0 amide bonds. The molecule has 1 aliphatic heterocycles. The molecule has 3 atom stereocenters. The number of methoxy groups -OCH3 is 1. The molecule has 0 saturated carbocycles. The molecule has 1 N–H and O–H groups in total.